The molecule has 0 aliphatic heterocycles. The Morgan fingerprint density at radius 2 is 1.31 bits per heavy atom. The summed E-state index contributed by atoms with van der Waals surface area (Å²) in [6.07, 6.45) is -2.73. The van der Waals surface area contributed by atoms with Gasteiger partial charge in [-0.25, -0.2) is 8.42 Å². The summed E-state index contributed by atoms with van der Waals surface area (Å²) in [6, 6.07) is 8.33. The highest BCUT2D eigenvalue weighted by Gasteiger charge is 2.83. The number of ether oxygens (including phenoxy) is 1. The van der Waals surface area contributed by atoms with Crippen molar-refractivity contribution in [2.24, 2.45) is 0 Å². The van der Waals surface area contributed by atoms with Crippen LogP contribution in [0.15, 0.2) is 29.2 Å². The molecule has 0 spiro atoms. The van der Waals surface area contributed by atoms with Gasteiger partial charge < -0.3 is 9.29 Å². The molecule has 15 heteroatoms. The fourth-order valence-electron chi connectivity index (χ4n) is 1.49. The topological polar surface area (TPSA) is 66.4 Å². The zero-order valence-electron chi connectivity index (χ0n) is 14.9. The van der Waals surface area contributed by atoms with Crippen molar-refractivity contribution in [3.8, 4) is 5.75 Å². The summed E-state index contributed by atoms with van der Waals surface area (Å²) in [7, 11) is -7.06. The third-order valence-corrected chi connectivity index (χ3v) is 5.14. The van der Waals surface area contributed by atoms with Gasteiger partial charge in [-0.05, 0) is 31.2 Å². The van der Waals surface area contributed by atoms with Crippen LogP contribution >= 0.6 is 0 Å². The molecule has 1 aromatic rings. The Morgan fingerprint density at radius 3 is 1.59 bits per heavy atom. The average Bonchev–Trinajstić information content (AvgIpc) is 2.53. The molecule has 0 saturated carbocycles. The molecule has 0 aliphatic carbocycles. The zero-order chi connectivity index (χ0) is 23.5. The quantitative estimate of drug-likeness (QED) is 0.345. The highest BCUT2D eigenvalue weighted by molar-refractivity contribution is 7.95. The van der Waals surface area contributed by atoms with Gasteiger partial charge >= 0.3 is 23.3 Å². The van der Waals surface area contributed by atoms with E-state index in [0.717, 1.165) is 12.4 Å². The van der Waals surface area contributed by atoms with Crippen LogP contribution < -0.4 is 4.74 Å². The monoisotopic (exact) mass is 482 g/mol. The minimum Gasteiger partial charge on any atom is -0.743 e. The van der Waals surface area contributed by atoms with E-state index in [1.54, 1.807) is 0 Å². The maximum atomic E-state index is 12.2. The van der Waals surface area contributed by atoms with Crippen LogP contribution in [0, 0.1) is 0 Å². The van der Waals surface area contributed by atoms with Crippen molar-refractivity contribution < 1.29 is 57.2 Å². The molecule has 0 saturated heterocycles. The van der Waals surface area contributed by atoms with Gasteiger partial charge in [-0.3, -0.25) is 0 Å². The standard InChI is InChI=1S/C10H15OS.C4HF9O3S/c1-4-11-9-5-7-10(8-6-9)12(2)3;5-1(6,3(9,10)11)2(7,8)4(12,13)17(14,15)16/h5-8H,4H2,1-3H3;(H,14,15,16)/q+1;/p-1. The van der Waals surface area contributed by atoms with E-state index in [1.165, 1.54) is 4.90 Å². The SMILES string of the molecule is CCOc1ccc([S+](C)C)cc1.O=S(=O)([O-])C(F)(F)C(F)(F)C(F)(F)C(F)(F)F. The first-order valence-corrected chi connectivity index (χ1v) is 10.6. The smallest absolute Gasteiger partial charge is 0.460 e. The van der Waals surface area contributed by atoms with E-state index < -0.39 is 33.4 Å². The molecule has 0 amide bonds. The number of rotatable bonds is 6. The molecule has 1 rings (SSSR count). The lowest BCUT2D eigenvalue weighted by atomic mass is 10.1. The molecule has 0 unspecified atom stereocenters. The van der Waals surface area contributed by atoms with Gasteiger partial charge in [-0.2, -0.15) is 39.5 Å². The summed E-state index contributed by atoms with van der Waals surface area (Å²) >= 11 is 0. The normalized spacial score (nSPS) is 13.7. The number of hydrogen-bond donors (Lipinski definition) is 0. The second-order valence-corrected chi connectivity index (χ2v) is 8.86. The Hall–Kier alpha value is -1.35. The second-order valence-electron chi connectivity index (χ2n) is 5.34. The maximum absolute atomic E-state index is 12.2. The van der Waals surface area contributed by atoms with Crippen molar-refractivity contribution in [2.45, 2.75) is 35.1 Å². The molecule has 0 fully saturated rings. The molecule has 0 N–H and O–H groups in total. The largest absolute Gasteiger partial charge is 0.743 e. The fourth-order valence-corrected chi connectivity index (χ4v) is 2.62. The van der Waals surface area contributed by atoms with Crippen molar-refractivity contribution in [1.29, 1.82) is 0 Å². The fraction of sp³-hybridized carbons (Fsp3) is 0.571. The molecule has 0 heterocycles. The molecule has 1 aromatic carbocycles. The van der Waals surface area contributed by atoms with Gasteiger partial charge in [-0.15, -0.1) is 0 Å². The molecule has 4 nitrogen and oxygen atoms in total. The molecule has 0 aliphatic rings. The summed E-state index contributed by atoms with van der Waals surface area (Å²) in [5.41, 5.74) is 0. The highest BCUT2D eigenvalue weighted by Crippen LogP contribution is 2.54. The van der Waals surface area contributed by atoms with Crippen LogP contribution in [0.5, 0.6) is 5.75 Å². The third kappa shape index (κ3) is 6.07. The molecule has 0 bridgehead atoms. The van der Waals surface area contributed by atoms with E-state index in [2.05, 4.69) is 24.6 Å². The Balaban J connectivity index is 0.000000571. The van der Waals surface area contributed by atoms with Gasteiger partial charge in [0.1, 0.15) is 18.3 Å². The molecule has 29 heavy (non-hydrogen) atoms. The van der Waals surface area contributed by atoms with Crippen molar-refractivity contribution in [3.05, 3.63) is 24.3 Å². The predicted octanol–water partition coefficient (Wildman–Crippen LogP) is 4.28. The molecule has 0 atom stereocenters. The van der Waals surface area contributed by atoms with Crippen LogP contribution in [0.2, 0.25) is 0 Å². The van der Waals surface area contributed by atoms with E-state index in [0.29, 0.717) is 10.9 Å². The van der Waals surface area contributed by atoms with E-state index >= 15 is 0 Å². The summed E-state index contributed by atoms with van der Waals surface area (Å²) in [6.45, 7) is 2.74. The molecule has 170 valence electrons. The van der Waals surface area contributed by atoms with Crippen LogP contribution in [0.3, 0.4) is 0 Å². The first-order valence-electron chi connectivity index (χ1n) is 7.20. The Morgan fingerprint density at radius 1 is 0.897 bits per heavy atom. The third-order valence-electron chi connectivity index (χ3n) is 3.04. The first kappa shape index (κ1) is 27.6. The molecular weight excluding hydrogens is 467 g/mol. The molecule has 0 radical (unpaired) electrons. The number of benzene rings is 1. The lowest BCUT2D eigenvalue weighted by molar-refractivity contribution is -0.382. The van der Waals surface area contributed by atoms with Crippen LogP contribution in [0.25, 0.3) is 0 Å². The van der Waals surface area contributed by atoms with Gasteiger partial charge in [0, 0.05) is 10.9 Å². The van der Waals surface area contributed by atoms with E-state index in [1.807, 2.05) is 19.1 Å². The van der Waals surface area contributed by atoms with E-state index in [-0.39, 0.29) is 0 Å². The first-order chi connectivity index (χ1) is 12.7. The van der Waals surface area contributed by atoms with Gasteiger partial charge in [0.2, 0.25) is 0 Å². The minimum absolute atomic E-state index is 0.353. The Labute approximate surface area is 163 Å². The van der Waals surface area contributed by atoms with E-state index in [4.69, 9.17) is 4.74 Å². The van der Waals surface area contributed by atoms with Crippen LogP contribution in [-0.4, -0.2) is 55.4 Å². The van der Waals surface area contributed by atoms with Crippen LogP contribution in [0.1, 0.15) is 6.92 Å². The Kier molecular flexibility index (Phi) is 8.77. The zero-order valence-corrected chi connectivity index (χ0v) is 16.5. The number of alkyl halides is 9. The van der Waals surface area contributed by atoms with Crippen molar-refractivity contribution in [3.63, 3.8) is 0 Å². The lowest BCUT2D eigenvalue weighted by Crippen LogP contribution is -2.63. The van der Waals surface area contributed by atoms with Crippen LogP contribution in [0.4, 0.5) is 39.5 Å². The highest BCUT2D eigenvalue weighted by atomic mass is 32.2. The Bertz CT molecular complexity index is 760. The molecule has 0 aromatic heterocycles. The maximum Gasteiger partial charge on any atom is 0.460 e. The summed E-state index contributed by atoms with van der Waals surface area (Å²) in [5.74, 6) is -13.9. The van der Waals surface area contributed by atoms with Gasteiger partial charge in [0.15, 0.2) is 15.0 Å². The van der Waals surface area contributed by atoms with Gasteiger partial charge in [-0.1, -0.05) is 0 Å². The second kappa shape index (κ2) is 9.20. The number of halogens is 9. The summed E-state index contributed by atoms with van der Waals surface area (Å²) < 4.78 is 141. The summed E-state index contributed by atoms with van der Waals surface area (Å²) in [4.78, 5) is 1.39. The lowest BCUT2D eigenvalue weighted by Gasteiger charge is -2.34. The molecular formula is C14H15F9O4S2. The average molecular weight is 482 g/mol. The predicted molar refractivity (Wildman–Crippen MR) is 85.7 cm³/mol. The van der Waals surface area contributed by atoms with Crippen LogP contribution in [-0.2, 0) is 21.0 Å². The van der Waals surface area contributed by atoms with Gasteiger partial charge in [0.05, 0.1) is 6.61 Å². The minimum atomic E-state index is -7.43. The summed E-state index contributed by atoms with van der Waals surface area (Å²) in [5, 5.41) is -7.11. The van der Waals surface area contributed by atoms with Crippen molar-refractivity contribution >= 4 is 21.0 Å². The van der Waals surface area contributed by atoms with Crippen molar-refractivity contribution in [1.82, 2.24) is 0 Å². The van der Waals surface area contributed by atoms with Gasteiger partial charge in [0.25, 0.3) is 0 Å². The van der Waals surface area contributed by atoms with Crippen molar-refractivity contribution in [2.75, 3.05) is 19.1 Å². The van der Waals surface area contributed by atoms with E-state index in [9.17, 15) is 52.5 Å². The number of hydrogen-bond acceptors (Lipinski definition) is 4.